The van der Waals surface area contributed by atoms with Gasteiger partial charge in [-0.1, -0.05) is 30.3 Å². The summed E-state index contributed by atoms with van der Waals surface area (Å²) in [5, 5.41) is 6.26. The van der Waals surface area contributed by atoms with Crippen LogP contribution in [0.1, 0.15) is 0 Å². The Bertz CT molecular complexity index is 684. The van der Waals surface area contributed by atoms with Crippen molar-refractivity contribution in [2.45, 2.75) is 0 Å². The Morgan fingerprint density at radius 3 is 2.81 bits per heavy atom. The van der Waals surface area contributed by atoms with Gasteiger partial charge in [0, 0.05) is 11.6 Å². The number of nitrogens with one attached hydrogen (secondary N) is 1. The fourth-order valence-corrected chi connectivity index (χ4v) is 1.58. The largest absolute Gasteiger partial charge is 0.348 e. The van der Waals surface area contributed by atoms with Crippen molar-refractivity contribution in [3.8, 4) is 11.3 Å². The first kappa shape index (κ1) is 8.84. The molecule has 0 atom stereocenters. The molecule has 2 aromatic heterocycles. The van der Waals surface area contributed by atoms with E-state index in [-0.39, 0.29) is 5.69 Å². The predicted octanol–water partition coefficient (Wildman–Crippen LogP) is 1.08. The highest BCUT2D eigenvalue weighted by atomic mass is 16.1. The average Bonchev–Trinajstić information content (AvgIpc) is 2.72. The first-order valence-corrected chi connectivity index (χ1v) is 4.83. The van der Waals surface area contributed by atoms with E-state index in [2.05, 4.69) is 15.2 Å². The summed E-state index contributed by atoms with van der Waals surface area (Å²) < 4.78 is 1.37. The van der Waals surface area contributed by atoms with E-state index in [4.69, 9.17) is 0 Å². The van der Waals surface area contributed by atoms with E-state index in [0.29, 0.717) is 5.65 Å². The Labute approximate surface area is 90.4 Å². The van der Waals surface area contributed by atoms with Crippen LogP contribution in [0.3, 0.4) is 0 Å². The molecule has 5 heteroatoms. The molecule has 0 amide bonds. The van der Waals surface area contributed by atoms with E-state index in [0.717, 1.165) is 11.3 Å². The third-order valence-corrected chi connectivity index (χ3v) is 2.38. The predicted molar refractivity (Wildman–Crippen MR) is 59.0 cm³/mol. The van der Waals surface area contributed by atoms with Crippen LogP contribution in [0.15, 0.2) is 47.5 Å². The number of hydrogen-bond donors (Lipinski definition) is 1. The highest BCUT2D eigenvalue weighted by Gasteiger charge is 2.03. The molecule has 78 valence electrons. The third kappa shape index (κ3) is 1.30. The van der Waals surface area contributed by atoms with Gasteiger partial charge in [0.25, 0.3) is 0 Å². The Balaban J connectivity index is 2.23. The van der Waals surface area contributed by atoms with Gasteiger partial charge in [0.2, 0.25) is 0 Å². The lowest BCUT2D eigenvalue weighted by molar-refractivity contribution is 0.998. The van der Waals surface area contributed by atoms with Gasteiger partial charge in [-0.15, -0.1) is 0 Å². The van der Waals surface area contributed by atoms with Gasteiger partial charge in [-0.25, -0.2) is 19.3 Å². The summed E-state index contributed by atoms with van der Waals surface area (Å²) in [6.07, 6.45) is 1.48. The van der Waals surface area contributed by atoms with Gasteiger partial charge in [0.15, 0.2) is 5.65 Å². The van der Waals surface area contributed by atoms with E-state index in [1.165, 1.54) is 10.7 Å². The lowest BCUT2D eigenvalue weighted by Gasteiger charge is -1.99. The Hall–Kier alpha value is -2.43. The van der Waals surface area contributed by atoms with E-state index in [1.807, 2.05) is 30.3 Å². The lowest BCUT2D eigenvalue weighted by atomic mass is 10.1. The van der Waals surface area contributed by atoms with Crippen molar-refractivity contribution in [1.82, 2.24) is 19.6 Å². The summed E-state index contributed by atoms with van der Waals surface area (Å²) in [6, 6.07) is 11.5. The van der Waals surface area contributed by atoms with Crippen LogP contribution in [0.5, 0.6) is 0 Å². The zero-order chi connectivity index (χ0) is 11.0. The van der Waals surface area contributed by atoms with Crippen LogP contribution in [0.25, 0.3) is 16.9 Å². The van der Waals surface area contributed by atoms with Crippen LogP contribution in [0.4, 0.5) is 0 Å². The van der Waals surface area contributed by atoms with Crippen LogP contribution in [0, 0.1) is 0 Å². The average molecular weight is 212 g/mol. The normalized spacial score (nSPS) is 10.8. The van der Waals surface area contributed by atoms with E-state index in [1.54, 1.807) is 6.07 Å². The molecule has 1 N–H and O–H groups in total. The van der Waals surface area contributed by atoms with Crippen molar-refractivity contribution < 1.29 is 0 Å². The maximum absolute atomic E-state index is 11.2. The summed E-state index contributed by atoms with van der Waals surface area (Å²) in [4.78, 5) is 15.4. The van der Waals surface area contributed by atoms with Crippen molar-refractivity contribution in [3.63, 3.8) is 0 Å². The first-order chi connectivity index (χ1) is 7.84. The van der Waals surface area contributed by atoms with Gasteiger partial charge in [-0.3, -0.25) is 0 Å². The highest BCUT2D eigenvalue weighted by molar-refractivity contribution is 5.62. The zero-order valence-electron chi connectivity index (χ0n) is 8.29. The number of rotatable bonds is 1. The number of benzene rings is 1. The van der Waals surface area contributed by atoms with Gasteiger partial charge in [-0.05, 0) is 0 Å². The van der Waals surface area contributed by atoms with Gasteiger partial charge in [-0.2, -0.15) is 5.10 Å². The summed E-state index contributed by atoms with van der Waals surface area (Å²) in [5.41, 5.74) is 2.09. The quantitative estimate of drug-likeness (QED) is 0.656. The summed E-state index contributed by atoms with van der Waals surface area (Å²) in [5.74, 6) is 0. The Morgan fingerprint density at radius 1 is 1.19 bits per heavy atom. The molecule has 0 spiro atoms. The number of aromatic amines is 1. The molecular formula is C11H8N4O. The molecule has 0 fully saturated rings. The van der Waals surface area contributed by atoms with Crippen LogP contribution in [-0.4, -0.2) is 19.6 Å². The summed E-state index contributed by atoms with van der Waals surface area (Å²) in [7, 11) is 0. The summed E-state index contributed by atoms with van der Waals surface area (Å²) >= 11 is 0. The Morgan fingerprint density at radius 2 is 2.00 bits per heavy atom. The fourth-order valence-electron chi connectivity index (χ4n) is 1.58. The number of fused-ring (bicyclic) bond motifs is 1. The number of nitrogens with zero attached hydrogens (tertiary/aromatic N) is 3. The molecule has 0 saturated carbocycles. The van der Waals surface area contributed by atoms with Crippen molar-refractivity contribution in [1.29, 1.82) is 0 Å². The molecule has 3 rings (SSSR count). The molecule has 0 aliphatic heterocycles. The third-order valence-electron chi connectivity index (χ3n) is 2.38. The fraction of sp³-hybridized carbons (Fsp3) is 0. The highest BCUT2D eigenvalue weighted by Crippen LogP contribution is 2.15. The van der Waals surface area contributed by atoms with Crippen LogP contribution >= 0.6 is 0 Å². The Kier molecular flexibility index (Phi) is 1.83. The zero-order valence-corrected chi connectivity index (χ0v) is 8.29. The number of aromatic nitrogens is 4. The van der Waals surface area contributed by atoms with Gasteiger partial charge < -0.3 is 0 Å². The molecule has 1 aromatic carbocycles. The number of H-pyrrole nitrogens is 1. The molecule has 3 aromatic rings. The minimum absolute atomic E-state index is 0.276. The SMILES string of the molecule is O=c1[nH]nc2cc(-c3ccccc3)ncn12. The number of hydrogen-bond acceptors (Lipinski definition) is 3. The second-order valence-corrected chi connectivity index (χ2v) is 3.40. The second kappa shape index (κ2) is 3.30. The molecule has 5 nitrogen and oxygen atoms in total. The lowest BCUT2D eigenvalue weighted by Crippen LogP contribution is -2.09. The maximum atomic E-state index is 11.2. The van der Waals surface area contributed by atoms with Crippen LogP contribution in [-0.2, 0) is 0 Å². The maximum Gasteiger partial charge on any atom is 0.348 e. The summed E-state index contributed by atoms with van der Waals surface area (Å²) in [6.45, 7) is 0. The minimum atomic E-state index is -0.276. The van der Waals surface area contributed by atoms with Gasteiger partial charge in [0.1, 0.15) is 6.33 Å². The standard InChI is InChI=1S/C11H8N4O/c16-11-14-13-10-6-9(12-7-15(10)11)8-4-2-1-3-5-8/h1-7H,(H,14,16). The molecule has 0 radical (unpaired) electrons. The van der Waals surface area contributed by atoms with Crippen LogP contribution < -0.4 is 5.69 Å². The topological polar surface area (TPSA) is 63.0 Å². The van der Waals surface area contributed by atoms with E-state index < -0.39 is 0 Å². The van der Waals surface area contributed by atoms with Crippen LogP contribution in [0.2, 0.25) is 0 Å². The molecule has 0 saturated heterocycles. The molecule has 0 unspecified atom stereocenters. The first-order valence-electron chi connectivity index (χ1n) is 4.83. The van der Waals surface area contributed by atoms with E-state index in [9.17, 15) is 4.79 Å². The molecule has 16 heavy (non-hydrogen) atoms. The van der Waals surface area contributed by atoms with Crippen molar-refractivity contribution in [3.05, 3.63) is 53.2 Å². The smallest absolute Gasteiger partial charge is 0.246 e. The molecule has 2 heterocycles. The van der Waals surface area contributed by atoms with E-state index >= 15 is 0 Å². The molecule has 0 aliphatic carbocycles. The van der Waals surface area contributed by atoms with Crippen molar-refractivity contribution >= 4 is 5.65 Å². The van der Waals surface area contributed by atoms with Gasteiger partial charge >= 0.3 is 5.69 Å². The van der Waals surface area contributed by atoms with Gasteiger partial charge in [0.05, 0.1) is 5.69 Å². The molecule has 0 bridgehead atoms. The molecular weight excluding hydrogens is 204 g/mol. The second-order valence-electron chi connectivity index (χ2n) is 3.40. The van der Waals surface area contributed by atoms with Crippen molar-refractivity contribution in [2.24, 2.45) is 0 Å². The monoisotopic (exact) mass is 212 g/mol. The molecule has 0 aliphatic rings. The minimum Gasteiger partial charge on any atom is -0.246 e. The van der Waals surface area contributed by atoms with Crippen molar-refractivity contribution in [2.75, 3.05) is 0 Å².